The van der Waals surface area contributed by atoms with Gasteiger partial charge in [-0.25, -0.2) is 4.39 Å². The van der Waals surface area contributed by atoms with Crippen molar-refractivity contribution in [1.82, 2.24) is 9.78 Å². The summed E-state index contributed by atoms with van der Waals surface area (Å²) in [4.78, 5) is 0. The topological polar surface area (TPSA) is 38.0 Å². The number of benzene rings is 1. The smallest absolute Gasteiger partial charge is 0.137 e. The minimum absolute atomic E-state index is 0.314. The van der Waals surface area contributed by atoms with Gasteiger partial charge in [-0.3, -0.25) is 4.68 Å². The number of aromatic nitrogens is 2. The molecule has 1 heterocycles. The second-order valence-electron chi connectivity index (χ2n) is 4.47. The van der Waals surface area contributed by atoms with E-state index in [0.29, 0.717) is 10.9 Å². The molecule has 0 saturated heterocycles. The Morgan fingerprint density at radius 3 is 3.00 bits per heavy atom. The van der Waals surface area contributed by atoms with E-state index >= 15 is 0 Å². The molecule has 0 spiro atoms. The number of nitrogens with zero attached hydrogens (tertiary/aromatic N) is 2. The molecule has 0 radical (unpaired) electrons. The molecule has 2 rings (SSSR count). The molecule has 1 N–H and O–H groups in total. The molecule has 5 heteroatoms. The highest BCUT2D eigenvalue weighted by Crippen LogP contribution is 2.25. The fourth-order valence-corrected chi connectivity index (χ4v) is 2.36. The number of aryl methyl sites for hydroxylation is 1. The summed E-state index contributed by atoms with van der Waals surface area (Å²) >= 11 is 3.20. The minimum atomic E-state index is -0.677. The lowest BCUT2D eigenvalue weighted by molar-refractivity contribution is 0.178. The van der Waals surface area contributed by atoms with Crippen molar-refractivity contribution < 1.29 is 9.50 Å². The standard InChI is InChI=1S/C14H16BrFN2O/c1-2-6-18-9-11(8-17-18)13(19)7-10-4-3-5-12(16)14(10)15/h3-5,8-9,13,19H,2,6-7H2,1H3. The predicted molar refractivity (Wildman–Crippen MR) is 75.3 cm³/mol. The predicted octanol–water partition coefficient (Wildman–Crippen LogP) is 3.47. The molecule has 0 fully saturated rings. The van der Waals surface area contributed by atoms with Crippen molar-refractivity contribution in [3.63, 3.8) is 0 Å². The molecule has 0 aliphatic carbocycles. The number of rotatable bonds is 5. The number of halogens is 2. The van der Waals surface area contributed by atoms with Crippen molar-refractivity contribution in [3.8, 4) is 0 Å². The summed E-state index contributed by atoms with van der Waals surface area (Å²) in [7, 11) is 0. The van der Waals surface area contributed by atoms with Crippen LogP contribution in [-0.2, 0) is 13.0 Å². The van der Waals surface area contributed by atoms with E-state index in [1.807, 2.05) is 6.20 Å². The fourth-order valence-electron chi connectivity index (χ4n) is 1.94. The van der Waals surface area contributed by atoms with Crippen LogP contribution in [0, 0.1) is 5.82 Å². The zero-order valence-corrected chi connectivity index (χ0v) is 12.3. The van der Waals surface area contributed by atoms with Gasteiger partial charge in [-0.15, -0.1) is 0 Å². The molecule has 3 nitrogen and oxygen atoms in total. The Balaban J connectivity index is 2.11. The van der Waals surface area contributed by atoms with Gasteiger partial charge in [0.15, 0.2) is 0 Å². The highest BCUT2D eigenvalue weighted by molar-refractivity contribution is 9.10. The minimum Gasteiger partial charge on any atom is -0.388 e. The molecular weight excluding hydrogens is 311 g/mol. The molecule has 1 atom stereocenters. The SMILES string of the molecule is CCCn1cc(C(O)Cc2cccc(F)c2Br)cn1. The first-order valence-electron chi connectivity index (χ1n) is 6.25. The number of hydrogen-bond acceptors (Lipinski definition) is 2. The summed E-state index contributed by atoms with van der Waals surface area (Å²) in [5, 5.41) is 14.4. The van der Waals surface area contributed by atoms with Gasteiger partial charge >= 0.3 is 0 Å². The van der Waals surface area contributed by atoms with Crippen molar-refractivity contribution in [3.05, 3.63) is 52.0 Å². The van der Waals surface area contributed by atoms with Crippen LogP contribution in [0.25, 0.3) is 0 Å². The molecule has 0 bridgehead atoms. The van der Waals surface area contributed by atoms with Crippen molar-refractivity contribution >= 4 is 15.9 Å². The van der Waals surface area contributed by atoms with Crippen LogP contribution in [0.1, 0.15) is 30.6 Å². The van der Waals surface area contributed by atoms with Gasteiger partial charge in [0.1, 0.15) is 5.82 Å². The second-order valence-corrected chi connectivity index (χ2v) is 5.26. The second kappa shape index (κ2) is 6.30. The van der Waals surface area contributed by atoms with Crippen LogP contribution in [0.3, 0.4) is 0 Å². The van der Waals surface area contributed by atoms with Crippen LogP contribution in [0.4, 0.5) is 4.39 Å². The summed E-state index contributed by atoms with van der Waals surface area (Å²) in [5.41, 5.74) is 1.50. The first-order chi connectivity index (χ1) is 9.11. The molecule has 1 aromatic carbocycles. The van der Waals surface area contributed by atoms with E-state index in [-0.39, 0.29) is 5.82 Å². The maximum atomic E-state index is 13.4. The van der Waals surface area contributed by atoms with E-state index in [4.69, 9.17) is 0 Å². The lowest BCUT2D eigenvalue weighted by Crippen LogP contribution is -2.02. The van der Waals surface area contributed by atoms with Gasteiger partial charge in [-0.1, -0.05) is 19.1 Å². The maximum absolute atomic E-state index is 13.4. The quantitative estimate of drug-likeness (QED) is 0.913. The monoisotopic (exact) mass is 326 g/mol. The molecule has 1 aromatic heterocycles. The maximum Gasteiger partial charge on any atom is 0.137 e. The van der Waals surface area contributed by atoms with E-state index in [2.05, 4.69) is 28.0 Å². The third kappa shape index (κ3) is 3.42. The number of aliphatic hydroxyl groups excluding tert-OH is 1. The Hall–Kier alpha value is -1.20. The van der Waals surface area contributed by atoms with E-state index in [1.165, 1.54) is 6.07 Å². The molecule has 1 unspecified atom stereocenters. The van der Waals surface area contributed by atoms with E-state index in [9.17, 15) is 9.50 Å². The number of hydrogen-bond donors (Lipinski definition) is 1. The largest absolute Gasteiger partial charge is 0.388 e. The van der Waals surface area contributed by atoms with Gasteiger partial charge in [0.05, 0.1) is 16.8 Å². The van der Waals surface area contributed by atoms with Gasteiger partial charge in [0.2, 0.25) is 0 Å². The summed E-state index contributed by atoms with van der Waals surface area (Å²) in [5.74, 6) is -0.314. The Labute approximate surface area is 120 Å². The highest BCUT2D eigenvalue weighted by Gasteiger charge is 2.14. The molecule has 19 heavy (non-hydrogen) atoms. The summed E-state index contributed by atoms with van der Waals surface area (Å²) in [6.07, 6.45) is 4.17. The van der Waals surface area contributed by atoms with Crippen molar-refractivity contribution in [2.45, 2.75) is 32.4 Å². The Bertz CT molecular complexity index is 556. The lowest BCUT2D eigenvalue weighted by atomic mass is 10.0. The van der Waals surface area contributed by atoms with Gasteiger partial charge in [-0.05, 0) is 34.0 Å². The molecular formula is C14H16BrFN2O. The Morgan fingerprint density at radius 2 is 2.26 bits per heavy atom. The first-order valence-corrected chi connectivity index (χ1v) is 7.04. The van der Waals surface area contributed by atoms with E-state index in [0.717, 1.165) is 24.1 Å². The summed E-state index contributed by atoms with van der Waals surface area (Å²) in [6, 6.07) is 4.83. The number of aliphatic hydroxyl groups is 1. The molecule has 0 amide bonds. The van der Waals surface area contributed by atoms with E-state index < -0.39 is 6.10 Å². The third-order valence-corrected chi connectivity index (χ3v) is 3.82. The van der Waals surface area contributed by atoms with Crippen molar-refractivity contribution in [2.75, 3.05) is 0 Å². The molecule has 0 aliphatic heterocycles. The molecule has 102 valence electrons. The zero-order valence-electron chi connectivity index (χ0n) is 10.7. The fraction of sp³-hybridized carbons (Fsp3) is 0.357. The van der Waals surface area contributed by atoms with Gasteiger partial charge in [0, 0.05) is 24.7 Å². The lowest BCUT2D eigenvalue weighted by Gasteiger charge is -2.10. The van der Waals surface area contributed by atoms with Crippen molar-refractivity contribution in [1.29, 1.82) is 0 Å². The summed E-state index contributed by atoms with van der Waals surface area (Å²) < 4.78 is 15.6. The molecule has 0 aliphatic rings. The van der Waals surface area contributed by atoms with Crippen LogP contribution in [0.2, 0.25) is 0 Å². The molecule has 0 saturated carbocycles. The Morgan fingerprint density at radius 1 is 1.47 bits per heavy atom. The summed E-state index contributed by atoms with van der Waals surface area (Å²) in [6.45, 7) is 2.90. The van der Waals surface area contributed by atoms with Gasteiger partial charge < -0.3 is 5.11 Å². The van der Waals surface area contributed by atoms with E-state index in [1.54, 1.807) is 23.0 Å². The van der Waals surface area contributed by atoms with Crippen LogP contribution in [0.5, 0.6) is 0 Å². The highest BCUT2D eigenvalue weighted by atomic mass is 79.9. The Kier molecular flexibility index (Phi) is 4.71. The third-order valence-electron chi connectivity index (χ3n) is 2.94. The first kappa shape index (κ1) is 14.2. The van der Waals surface area contributed by atoms with Crippen molar-refractivity contribution in [2.24, 2.45) is 0 Å². The van der Waals surface area contributed by atoms with Crippen LogP contribution < -0.4 is 0 Å². The van der Waals surface area contributed by atoms with Gasteiger partial charge in [0.25, 0.3) is 0 Å². The van der Waals surface area contributed by atoms with Gasteiger partial charge in [-0.2, -0.15) is 5.10 Å². The normalized spacial score (nSPS) is 12.6. The molecule has 2 aromatic rings. The average Bonchev–Trinajstić information content (AvgIpc) is 2.84. The zero-order chi connectivity index (χ0) is 13.8. The average molecular weight is 327 g/mol. The van der Waals surface area contributed by atoms with Crippen LogP contribution >= 0.6 is 15.9 Å². The van der Waals surface area contributed by atoms with Crippen LogP contribution in [-0.4, -0.2) is 14.9 Å². The van der Waals surface area contributed by atoms with Crippen LogP contribution in [0.15, 0.2) is 35.1 Å².